The molecule has 1 heteroatoms. The fourth-order valence-electron chi connectivity index (χ4n) is 2.00. The monoisotopic (exact) mass is 141 g/mol. The summed E-state index contributed by atoms with van der Waals surface area (Å²) in [6.07, 6.45) is 1.44. The lowest BCUT2D eigenvalue weighted by atomic mass is 9.86. The highest BCUT2D eigenvalue weighted by atomic mass is 14.8. The Morgan fingerprint density at radius 2 is 2.00 bits per heavy atom. The lowest BCUT2D eigenvalue weighted by Crippen LogP contribution is -2.29. The Morgan fingerprint density at radius 3 is 2.30 bits per heavy atom. The third kappa shape index (κ3) is 1.51. The van der Waals surface area contributed by atoms with Crippen molar-refractivity contribution >= 4 is 0 Å². The van der Waals surface area contributed by atoms with Crippen LogP contribution in [0.25, 0.3) is 0 Å². The van der Waals surface area contributed by atoms with Gasteiger partial charge < -0.3 is 5.32 Å². The molecule has 0 aromatic rings. The number of hydrogen-bond donors (Lipinski definition) is 1. The summed E-state index contributed by atoms with van der Waals surface area (Å²) in [4.78, 5) is 0. The quantitative estimate of drug-likeness (QED) is 0.633. The Balaban J connectivity index is 2.36. The van der Waals surface area contributed by atoms with Crippen molar-refractivity contribution in [1.82, 2.24) is 5.32 Å². The van der Waals surface area contributed by atoms with Crippen molar-refractivity contribution < 1.29 is 0 Å². The summed E-state index contributed by atoms with van der Waals surface area (Å²) in [6.45, 7) is 8.22. The molecular weight excluding hydrogens is 122 g/mol. The van der Waals surface area contributed by atoms with Gasteiger partial charge in [0.2, 0.25) is 0 Å². The second-order valence-corrected chi connectivity index (χ2v) is 4.34. The van der Waals surface area contributed by atoms with E-state index in [1.165, 1.54) is 6.42 Å². The molecule has 1 nitrogen and oxygen atoms in total. The molecule has 0 heterocycles. The first-order chi connectivity index (χ1) is 4.58. The summed E-state index contributed by atoms with van der Waals surface area (Å²) < 4.78 is 0. The first-order valence-electron chi connectivity index (χ1n) is 4.22. The van der Waals surface area contributed by atoms with Crippen molar-refractivity contribution in [3.05, 3.63) is 0 Å². The number of nitrogens with one attached hydrogen (secondary N) is 1. The van der Waals surface area contributed by atoms with Crippen LogP contribution in [0.3, 0.4) is 0 Å². The van der Waals surface area contributed by atoms with E-state index in [2.05, 4.69) is 26.1 Å². The highest BCUT2D eigenvalue weighted by Crippen LogP contribution is 2.50. The average molecular weight is 141 g/mol. The number of hydrogen-bond acceptors (Lipinski definition) is 1. The summed E-state index contributed by atoms with van der Waals surface area (Å²) in [5.41, 5.74) is 0.522. The van der Waals surface area contributed by atoms with Gasteiger partial charge in [0.1, 0.15) is 0 Å². The zero-order valence-electron chi connectivity index (χ0n) is 7.57. The Bertz CT molecular complexity index is 118. The van der Waals surface area contributed by atoms with Crippen molar-refractivity contribution in [2.45, 2.75) is 27.2 Å². The molecule has 0 aromatic heterocycles. The second kappa shape index (κ2) is 2.54. The van der Waals surface area contributed by atoms with Gasteiger partial charge in [-0.2, -0.15) is 0 Å². The molecule has 0 saturated heterocycles. The van der Waals surface area contributed by atoms with Crippen LogP contribution in [0.15, 0.2) is 0 Å². The second-order valence-electron chi connectivity index (χ2n) is 4.34. The van der Waals surface area contributed by atoms with E-state index in [1.54, 1.807) is 0 Å². The SMILES string of the molecule is CNCC(C)(C)[C@@H]1C[C@@H]1C. The molecule has 0 bridgehead atoms. The van der Waals surface area contributed by atoms with Crippen LogP contribution in [-0.2, 0) is 0 Å². The van der Waals surface area contributed by atoms with Gasteiger partial charge >= 0.3 is 0 Å². The van der Waals surface area contributed by atoms with E-state index in [1.807, 2.05) is 7.05 Å². The normalized spacial score (nSPS) is 32.4. The third-order valence-corrected chi connectivity index (χ3v) is 2.75. The van der Waals surface area contributed by atoms with Crippen molar-refractivity contribution in [2.24, 2.45) is 17.3 Å². The van der Waals surface area contributed by atoms with Gasteiger partial charge in [-0.15, -0.1) is 0 Å². The summed E-state index contributed by atoms with van der Waals surface area (Å²) in [6, 6.07) is 0. The molecule has 0 aromatic carbocycles. The topological polar surface area (TPSA) is 12.0 Å². The fraction of sp³-hybridized carbons (Fsp3) is 1.00. The van der Waals surface area contributed by atoms with E-state index < -0.39 is 0 Å². The molecule has 60 valence electrons. The third-order valence-electron chi connectivity index (χ3n) is 2.75. The zero-order chi connectivity index (χ0) is 7.78. The van der Waals surface area contributed by atoms with Gasteiger partial charge in [0.25, 0.3) is 0 Å². The summed E-state index contributed by atoms with van der Waals surface area (Å²) in [7, 11) is 2.04. The molecule has 0 spiro atoms. The molecule has 1 fully saturated rings. The first-order valence-corrected chi connectivity index (χ1v) is 4.22. The molecule has 1 aliphatic rings. The zero-order valence-corrected chi connectivity index (χ0v) is 7.57. The maximum Gasteiger partial charge on any atom is 0.000227 e. The van der Waals surface area contributed by atoms with Gasteiger partial charge in [0.05, 0.1) is 0 Å². The van der Waals surface area contributed by atoms with Crippen LogP contribution in [0.4, 0.5) is 0 Å². The molecule has 2 atom stereocenters. The van der Waals surface area contributed by atoms with Crippen LogP contribution in [0, 0.1) is 17.3 Å². The molecule has 1 rings (SSSR count). The van der Waals surface area contributed by atoms with Crippen molar-refractivity contribution in [3.63, 3.8) is 0 Å². The maximum absolute atomic E-state index is 3.25. The van der Waals surface area contributed by atoms with E-state index >= 15 is 0 Å². The Kier molecular flexibility index (Phi) is 2.04. The molecule has 1 saturated carbocycles. The molecule has 0 radical (unpaired) electrons. The molecule has 0 unspecified atom stereocenters. The first kappa shape index (κ1) is 8.06. The lowest BCUT2D eigenvalue weighted by Gasteiger charge is -2.24. The van der Waals surface area contributed by atoms with E-state index in [0.29, 0.717) is 5.41 Å². The molecule has 1 aliphatic carbocycles. The van der Waals surface area contributed by atoms with Crippen LogP contribution < -0.4 is 5.32 Å². The van der Waals surface area contributed by atoms with Crippen molar-refractivity contribution in [3.8, 4) is 0 Å². The van der Waals surface area contributed by atoms with Crippen LogP contribution in [0.5, 0.6) is 0 Å². The molecule has 0 aliphatic heterocycles. The minimum absolute atomic E-state index is 0.522. The van der Waals surface area contributed by atoms with Gasteiger partial charge in [-0.05, 0) is 30.7 Å². The summed E-state index contributed by atoms with van der Waals surface area (Å²) in [5.74, 6) is 1.95. The summed E-state index contributed by atoms with van der Waals surface area (Å²) in [5, 5.41) is 3.25. The summed E-state index contributed by atoms with van der Waals surface area (Å²) >= 11 is 0. The standard InChI is InChI=1S/C9H19N/c1-7-5-8(7)9(2,3)6-10-4/h7-8,10H,5-6H2,1-4H3/t7-,8+/m0/s1. The van der Waals surface area contributed by atoms with Gasteiger partial charge in [0, 0.05) is 6.54 Å². The van der Waals surface area contributed by atoms with Crippen LogP contribution >= 0.6 is 0 Å². The smallest absolute Gasteiger partial charge is 0.000227 e. The lowest BCUT2D eigenvalue weighted by molar-refractivity contribution is 0.287. The van der Waals surface area contributed by atoms with Crippen molar-refractivity contribution in [1.29, 1.82) is 0 Å². The maximum atomic E-state index is 3.25. The minimum atomic E-state index is 0.522. The van der Waals surface area contributed by atoms with Crippen LogP contribution in [0.1, 0.15) is 27.2 Å². The molecule has 0 amide bonds. The highest BCUT2D eigenvalue weighted by molar-refractivity contribution is 4.94. The van der Waals surface area contributed by atoms with E-state index in [9.17, 15) is 0 Å². The van der Waals surface area contributed by atoms with Gasteiger partial charge in [0.15, 0.2) is 0 Å². The van der Waals surface area contributed by atoms with Gasteiger partial charge in [-0.1, -0.05) is 20.8 Å². The fourth-order valence-corrected chi connectivity index (χ4v) is 2.00. The van der Waals surface area contributed by atoms with Gasteiger partial charge in [-0.3, -0.25) is 0 Å². The predicted octanol–water partition coefficient (Wildman–Crippen LogP) is 1.89. The molecular formula is C9H19N. The largest absolute Gasteiger partial charge is 0.319 e. The predicted molar refractivity (Wildman–Crippen MR) is 45.0 cm³/mol. The average Bonchev–Trinajstić information content (AvgIpc) is 2.46. The van der Waals surface area contributed by atoms with E-state index in [-0.39, 0.29) is 0 Å². The Morgan fingerprint density at radius 1 is 1.50 bits per heavy atom. The van der Waals surface area contributed by atoms with E-state index in [4.69, 9.17) is 0 Å². The van der Waals surface area contributed by atoms with Crippen molar-refractivity contribution in [2.75, 3.05) is 13.6 Å². The van der Waals surface area contributed by atoms with Gasteiger partial charge in [-0.25, -0.2) is 0 Å². The molecule has 10 heavy (non-hydrogen) atoms. The minimum Gasteiger partial charge on any atom is -0.319 e. The van der Waals surface area contributed by atoms with Crippen LogP contribution in [-0.4, -0.2) is 13.6 Å². The van der Waals surface area contributed by atoms with Crippen LogP contribution in [0.2, 0.25) is 0 Å². The Labute approximate surface area is 64.2 Å². The highest BCUT2D eigenvalue weighted by Gasteiger charge is 2.43. The van der Waals surface area contributed by atoms with E-state index in [0.717, 1.165) is 18.4 Å². The Hall–Kier alpha value is -0.0400. The molecule has 1 N–H and O–H groups in total. The number of rotatable bonds is 3.